The normalized spacial score (nSPS) is 27.0. The smallest absolute Gasteiger partial charge is 0.397 e. The van der Waals surface area contributed by atoms with E-state index in [1.807, 2.05) is 35.1 Å². The lowest BCUT2D eigenvalue weighted by atomic mass is 9.70. The predicted molar refractivity (Wildman–Crippen MR) is 181 cm³/mol. The Labute approximate surface area is 285 Å². The highest BCUT2D eigenvalue weighted by atomic mass is 35.5. The first-order valence-electron chi connectivity index (χ1n) is 16.5. The number of rotatable bonds is 7. The van der Waals surface area contributed by atoms with Crippen LogP contribution in [-0.4, -0.2) is 60.9 Å². The first-order chi connectivity index (χ1) is 22.8. The third-order valence-electron chi connectivity index (χ3n) is 9.48. The van der Waals surface area contributed by atoms with Crippen molar-refractivity contribution in [2.45, 2.75) is 70.6 Å². The number of nitrogens with zero attached hydrogens (tertiary/aromatic N) is 2. The molecule has 2 aromatic carbocycles. The van der Waals surface area contributed by atoms with E-state index in [4.69, 9.17) is 21.1 Å². The standard InChI is InChI=1S/C35H43ClF3N3O5S/c1-23-10-13-28(36)17-25(23)8-6-7-24-20-42-21-27-11-14-29(27)31(46-2)9-4-3-5-16-48(45,40-33(43)19-35(37,38)39)41-34(44)26-12-15-32(47-22-24)30(42)18-26/h4,9-10,12-13,15,17-18,24,27,29,31H,3,5-8,11,14,16,19-22H2,1-2H3,(H,40,41,43,44,45)/b9-4+/t24-,27+,29-,31+,48?/m1/s1. The lowest BCUT2D eigenvalue weighted by molar-refractivity contribution is -0.152. The predicted octanol–water partition coefficient (Wildman–Crippen LogP) is 7.47. The number of carbonyl (C=O) groups excluding carboxylic acids is 2. The third-order valence-corrected chi connectivity index (χ3v) is 11.6. The maximum atomic E-state index is 13.7. The zero-order valence-electron chi connectivity index (χ0n) is 27.3. The molecule has 262 valence electrons. The van der Waals surface area contributed by atoms with E-state index in [1.165, 1.54) is 17.2 Å². The van der Waals surface area contributed by atoms with Crippen LogP contribution < -0.4 is 14.4 Å². The summed E-state index contributed by atoms with van der Waals surface area (Å²) in [6.07, 6.45) is 2.56. The molecule has 2 aromatic rings. The van der Waals surface area contributed by atoms with Crippen molar-refractivity contribution in [1.29, 1.82) is 0 Å². The zero-order chi connectivity index (χ0) is 34.5. The SMILES string of the molecule is CO[C@H]1/C=C/CCCS(=O)(NC(=O)CC(F)(F)F)=NC(=O)c2ccc3c(c2)N(C[C@@H](CCCc2cc(Cl)ccc2C)CO3)C[C@@H]2CC[C@H]21. The number of allylic oxidation sites excluding steroid dienone is 1. The minimum absolute atomic E-state index is 0.113. The van der Waals surface area contributed by atoms with E-state index in [2.05, 4.69) is 16.2 Å². The molecule has 1 fully saturated rings. The molecule has 1 unspecified atom stereocenters. The summed E-state index contributed by atoms with van der Waals surface area (Å²) in [4.78, 5) is 27.9. The minimum atomic E-state index is -4.80. The molecule has 2 bridgehead atoms. The topological polar surface area (TPSA) is 97.3 Å². The van der Waals surface area contributed by atoms with Gasteiger partial charge in [0.2, 0.25) is 5.91 Å². The molecule has 2 amide bonds. The van der Waals surface area contributed by atoms with E-state index in [0.29, 0.717) is 36.9 Å². The summed E-state index contributed by atoms with van der Waals surface area (Å²) < 4.78 is 70.4. The Balaban J connectivity index is 1.44. The van der Waals surface area contributed by atoms with Crippen LogP contribution in [0, 0.1) is 24.7 Å². The van der Waals surface area contributed by atoms with Crippen molar-refractivity contribution in [1.82, 2.24) is 4.72 Å². The molecule has 3 aliphatic rings. The van der Waals surface area contributed by atoms with Gasteiger partial charge in [-0.2, -0.15) is 13.2 Å². The molecule has 2 aliphatic heterocycles. The van der Waals surface area contributed by atoms with E-state index < -0.39 is 34.3 Å². The highest BCUT2D eigenvalue weighted by molar-refractivity contribution is 7.92. The van der Waals surface area contributed by atoms with Crippen LogP contribution in [0.4, 0.5) is 18.9 Å². The lowest BCUT2D eigenvalue weighted by Crippen LogP contribution is -2.44. The third kappa shape index (κ3) is 9.53. The molecule has 2 heterocycles. The molecule has 0 aromatic heterocycles. The second-order valence-corrected chi connectivity index (χ2v) is 15.6. The fourth-order valence-corrected chi connectivity index (χ4v) is 8.58. The van der Waals surface area contributed by atoms with Gasteiger partial charge in [-0.3, -0.25) is 14.3 Å². The Bertz CT molecular complexity index is 1640. The fraction of sp³-hybridized carbons (Fsp3) is 0.543. The number of anilines is 1. The summed E-state index contributed by atoms with van der Waals surface area (Å²) in [5, 5.41) is 0.719. The van der Waals surface area contributed by atoms with Crippen molar-refractivity contribution in [3.05, 3.63) is 70.3 Å². The molecule has 0 radical (unpaired) electrons. The second-order valence-electron chi connectivity index (χ2n) is 13.1. The molecule has 13 heteroatoms. The van der Waals surface area contributed by atoms with Gasteiger partial charge in [0, 0.05) is 36.7 Å². The first-order valence-corrected chi connectivity index (χ1v) is 18.5. The number of amides is 2. The van der Waals surface area contributed by atoms with Crippen LogP contribution in [0.1, 0.15) is 66.4 Å². The molecule has 0 spiro atoms. The van der Waals surface area contributed by atoms with Gasteiger partial charge in [-0.1, -0.05) is 29.8 Å². The van der Waals surface area contributed by atoms with Crippen molar-refractivity contribution < 1.29 is 36.4 Å². The van der Waals surface area contributed by atoms with Crippen molar-refractivity contribution in [2.75, 3.05) is 37.5 Å². The average molecular weight is 710 g/mol. The van der Waals surface area contributed by atoms with Gasteiger partial charge in [0.1, 0.15) is 22.1 Å². The summed E-state index contributed by atoms with van der Waals surface area (Å²) in [5.41, 5.74) is 3.25. The van der Waals surface area contributed by atoms with E-state index in [9.17, 15) is 27.0 Å². The van der Waals surface area contributed by atoms with Gasteiger partial charge in [-0.15, -0.1) is 4.36 Å². The number of hydrogen-bond donors (Lipinski definition) is 1. The number of ether oxygens (including phenoxy) is 2. The van der Waals surface area contributed by atoms with Crippen LogP contribution in [0.25, 0.3) is 0 Å². The van der Waals surface area contributed by atoms with E-state index in [1.54, 1.807) is 19.2 Å². The first kappa shape index (κ1) is 36.2. The number of methoxy groups -OCH3 is 1. The summed E-state index contributed by atoms with van der Waals surface area (Å²) in [6, 6.07) is 10.8. The number of halogens is 4. The number of aryl methyl sites for hydroxylation is 2. The molecule has 1 aliphatic carbocycles. The largest absolute Gasteiger partial charge is 0.491 e. The second kappa shape index (κ2) is 15.6. The highest BCUT2D eigenvalue weighted by Crippen LogP contribution is 2.42. The van der Waals surface area contributed by atoms with Gasteiger partial charge >= 0.3 is 6.18 Å². The van der Waals surface area contributed by atoms with Crippen molar-refractivity contribution >= 4 is 39.0 Å². The Morgan fingerprint density at radius 1 is 1.19 bits per heavy atom. The lowest BCUT2D eigenvalue weighted by Gasteiger charge is -2.43. The summed E-state index contributed by atoms with van der Waals surface area (Å²) >= 11 is 6.25. The maximum absolute atomic E-state index is 13.7. The minimum Gasteiger partial charge on any atom is -0.491 e. The van der Waals surface area contributed by atoms with Gasteiger partial charge in [-0.25, -0.2) is 4.21 Å². The molecule has 5 atom stereocenters. The van der Waals surface area contributed by atoms with Crippen molar-refractivity contribution in [3.63, 3.8) is 0 Å². The molecule has 0 saturated heterocycles. The van der Waals surface area contributed by atoms with Crippen LogP contribution >= 0.6 is 11.6 Å². The number of hydrogen-bond acceptors (Lipinski definition) is 6. The zero-order valence-corrected chi connectivity index (χ0v) is 28.8. The molecule has 1 N–H and O–H groups in total. The van der Waals surface area contributed by atoms with Gasteiger partial charge in [0.15, 0.2) is 0 Å². The Kier molecular flexibility index (Phi) is 11.8. The van der Waals surface area contributed by atoms with Crippen molar-refractivity contribution in [3.8, 4) is 5.75 Å². The number of benzene rings is 2. The quantitative estimate of drug-likeness (QED) is 0.300. The highest BCUT2D eigenvalue weighted by Gasteiger charge is 2.39. The Morgan fingerprint density at radius 3 is 2.73 bits per heavy atom. The van der Waals surface area contributed by atoms with Gasteiger partial charge in [0.25, 0.3) is 5.91 Å². The van der Waals surface area contributed by atoms with Crippen molar-refractivity contribution in [2.24, 2.45) is 22.1 Å². The summed E-state index contributed by atoms with van der Waals surface area (Å²) in [7, 11) is -2.17. The van der Waals surface area contributed by atoms with Crippen LogP contribution in [0.5, 0.6) is 5.75 Å². The molecule has 1 saturated carbocycles. The Morgan fingerprint density at radius 2 is 2.00 bits per heavy atom. The van der Waals surface area contributed by atoms with E-state index >= 15 is 0 Å². The van der Waals surface area contributed by atoms with E-state index in [-0.39, 0.29) is 35.7 Å². The molecular weight excluding hydrogens is 667 g/mol. The van der Waals surface area contributed by atoms with Gasteiger partial charge < -0.3 is 14.4 Å². The summed E-state index contributed by atoms with van der Waals surface area (Å²) in [5.74, 6) is -1.22. The number of carbonyl (C=O) groups is 2. The van der Waals surface area contributed by atoms with Crippen LogP contribution in [0.15, 0.2) is 52.9 Å². The van der Waals surface area contributed by atoms with Crippen LogP contribution in [-0.2, 0) is 25.9 Å². The molecular formula is C35H43ClF3N3O5S. The van der Waals surface area contributed by atoms with E-state index in [0.717, 1.165) is 43.7 Å². The number of alkyl halides is 3. The Hall–Kier alpha value is -3.09. The molecule has 48 heavy (non-hydrogen) atoms. The monoisotopic (exact) mass is 709 g/mol. The van der Waals surface area contributed by atoms with Crippen LogP contribution in [0.2, 0.25) is 5.02 Å². The number of fused-ring (bicyclic) bond motifs is 2. The summed E-state index contributed by atoms with van der Waals surface area (Å²) in [6.45, 7) is 3.99. The van der Waals surface area contributed by atoms with Crippen LogP contribution in [0.3, 0.4) is 0 Å². The molecule has 5 rings (SSSR count). The molecule has 8 nitrogen and oxygen atoms in total. The average Bonchev–Trinajstić information content (AvgIpc) is 3.17. The van der Waals surface area contributed by atoms with Gasteiger partial charge in [-0.05, 0) is 105 Å². The fourth-order valence-electron chi connectivity index (χ4n) is 6.79. The maximum Gasteiger partial charge on any atom is 0.397 e. The number of nitrogens with one attached hydrogen (secondary N) is 1. The van der Waals surface area contributed by atoms with Gasteiger partial charge in [0.05, 0.1) is 24.2 Å².